The van der Waals surface area contributed by atoms with Crippen LogP contribution in [0.2, 0.25) is 5.02 Å². The van der Waals surface area contributed by atoms with Crippen molar-refractivity contribution in [2.45, 2.75) is 13.0 Å². The maximum absolute atomic E-state index is 13.1. The monoisotopic (exact) mass is 265 g/mol. The van der Waals surface area contributed by atoms with Crippen LogP contribution in [0.1, 0.15) is 18.5 Å². The minimum Gasteiger partial charge on any atom is -0.508 e. The topological polar surface area (TPSA) is 32.3 Å². The van der Waals surface area contributed by atoms with E-state index in [2.05, 4.69) is 5.32 Å². The van der Waals surface area contributed by atoms with Crippen molar-refractivity contribution in [3.63, 3.8) is 0 Å². The summed E-state index contributed by atoms with van der Waals surface area (Å²) in [7, 11) is 0. The van der Waals surface area contributed by atoms with Crippen molar-refractivity contribution in [2.24, 2.45) is 0 Å². The predicted molar refractivity (Wildman–Crippen MR) is 71.6 cm³/mol. The van der Waals surface area contributed by atoms with Crippen molar-refractivity contribution in [3.8, 4) is 5.75 Å². The van der Waals surface area contributed by atoms with Crippen molar-refractivity contribution in [2.75, 3.05) is 5.32 Å². The van der Waals surface area contributed by atoms with Gasteiger partial charge in [-0.3, -0.25) is 0 Å². The fourth-order valence-electron chi connectivity index (χ4n) is 1.77. The van der Waals surface area contributed by atoms with Crippen LogP contribution in [-0.4, -0.2) is 5.11 Å². The fraction of sp³-hybridized carbons (Fsp3) is 0.143. The Morgan fingerprint density at radius 3 is 2.67 bits per heavy atom. The molecule has 0 aliphatic carbocycles. The van der Waals surface area contributed by atoms with E-state index in [1.165, 1.54) is 18.2 Å². The van der Waals surface area contributed by atoms with Gasteiger partial charge < -0.3 is 10.4 Å². The number of phenols is 1. The van der Waals surface area contributed by atoms with Gasteiger partial charge in [0, 0.05) is 5.56 Å². The second-order valence-electron chi connectivity index (χ2n) is 4.05. The first kappa shape index (κ1) is 12.7. The highest BCUT2D eigenvalue weighted by atomic mass is 35.5. The molecule has 0 saturated heterocycles. The van der Waals surface area contributed by atoms with Gasteiger partial charge in [-0.2, -0.15) is 0 Å². The van der Waals surface area contributed by atoms with Gasteiger partial charge in [0.15, 0.2) is 0 Å². The van der Waals surface area contributed by atoms with Gasteiger partial charge in [0.1, 0.15) is 11.6 Å². The van der Waals surface area contributed by atoms with Crippen LogP contribution in [0.5, 0.6) is 5.75 Å². The molecule has 2 N–H and O–H groups in total. The fourth-order valence-corrected chi connectivity index (χ4v) is 1.94. The summed E-state index contributed by atoms with van der Waals surface area (Å²) in [5.41, 5.74) is 1.24. The largest absolute Gasteiger partial charge is 0.508 e. The summed E-state index contributed by atoms with van der Waals surface area (Å²) in [5, 5.41) is 13.3. The Labute approximate surface area is 110 Å². The number of phenolic OH excluding ortho intramolecular Hbond substituents is 1. The van der Waals surface area contributed by atoms with Gasteiger partial charge in [-0.05, 0) is 31.2 Å². The molecule has 0 spiro atoms. The first-order valence-corrected chi connectivity index (χ1v) is 5.95. The lowest BCUT2D eigenvalue weighted by molar-refractivity contribution is 0.465. The van der Waals surface area contributed by atoms with Crippen molar-refractivity contribution in [1.29, 1.82) is 0 Å². The van der Waals surface area contributed by atoms with Crippen LogP contribution in [0.25, 0.3) is 0 Å². The first-order valence-electron chi connectivity index (χ1n) is 5.57. The van der Waals surface area contributed by atoms with E-state index in [9.17, 15) is 9.50 Å². The highest BCUT2D eigenvalue weighted by Crippen LogP contribution is 2.30. The normalized spacial score (nSPS) is 12.2. The molecule has 0 bridgehead atoms. The average molecular weight is 266 g/mol. The maximum atomic E-state index is 13.1. The van der Waals surface area contributed by atoms with Gasteiger partial charge in [-0.15, -0.1) is 0 Å². The zero-order valence-electron chi connectivity index (χ0n) is 9.82. The minimum atomic E-state index is -0.355. The number of nitrogens with one attached hydrogen (secondary N) is 1. The number of benzene rings is 2. The molecule has 2 aromatic carbocycles. The highest BCUT2D eigenvalue weighted by molar-refractivity contribution is 6.33. The summed E-state index contributed by atoms with van der Waals surface area (Å²) < 4.78 is 13.1. The zero-order chi connectivity index (χ0) is 13.1. The molecule has 2 rings (SSSR count). The number of halogens is 2. The molecule has 0 aliphatic heterocycles. The van der Waals surface area contributed by atoms with Crippen molar-refractivity contribution in [3.05, 3.63) is 58.9 Å². The smallest absolute Gasteiger partial charge is 0.125 e. The van der Waals surface area contributed by atoms with Gasteiger partial charge in [-0.25, -0.2) is 4.39 Å². The third kappa shape index (κ3) is 2.74. The summed E-state index contributed by atoms with van der Waals surface area (Å²) >= 11 is 5.98. The number of para-hydroxylation sites is 1. The summed E-state index contributed by atoms with van der Waals surface area (Å²) in [4.78, 5) is 0. The lowest BCUT2D eigenvalue weighted by atomic mass is 10.1. The van der Waals surface area contributed by atoms with Crippen molar-refractivity contribution in [1.82, 2.24) is 0 Å². The molecule has 4 heteroatoms. The Hall–Kier alpha value is -1.74. The lowest BCUT2D eigenvalue weighted by Crippen LogP contribution is -2.07. The quantitative estimate of drug-likeness (QED) is 0.864. The van der Waals surface area contributed by atoms with Gasteiger partial charge in [0.25, 0.3) is 0 Å². The molecule has 0 aromatic heterocycles. The SMILES string of the molecule is CC(Nc1cc(F)ccc1Cl)c1ccccc1O. The molecule has 0 radical (unpaired) electrons. The van der Waals surface area contributed by atoms with Gasteiger partial charge in [0.05, 0.1) is 16.8 Å². The Bertz CT molecular complexity index is 559. The third-order valence-electron chi connectivity index (χ3n) is 2.70. The summed E-state index contributed by atoms with van der Waals surface area (Å²) in [6, 6.07) is 11.0. The summed E-state index contributed by atoms with van der Waals surface area (Å²) in [6.07, 6.45) is 0. The third-order valence-corrected chi connectivity index (χ3v) is 3.03. The Morgan fingerprint density at radius 2 is 1.94 bits per heavy atom. The van der Waals surface area contributed by atoms with Crippen LogP contribution in [0.4, 0.5) is 10.1 Å². The van der Waals surface area contributed by atoms with E-state index in [1.807, 2.05) is 13.0 Å². The molecule has 1 unspecified atom stereocenters. The number of hydrogen-bond donors (Lipinski definition) is 2. The van der Waals surface area contributed by atoms with Crippen molar-refractivity contribution >= 4 is 17.3 Å². The minimum absolute atomic E-state index is 0.175. The second-order valence-corrected chi connectivity index (χ2v) is 4.46. The Balaban J connectivity index is 2.24. The average Bonchev–Trinajstić information content (AvgIpc) is 2.34. The molecule has 2 nitrogen and oxygen atoms in total. The second kappa shape index (κ2) is 5.27. The molecule has 94 valence electrons. The molecule has 18 heavy (non-hydrogen) atoms. The molecule has 2 aromatic rings. The van der Waals surface area contributed by atoms with Crippen LogP contribution in [0.3, 0.4) is 0 Å². The standard InChI is InChI=1S/C14H13ClFNO/c1-9(11-4-2-3-5-14(11)18)17-13-8-10(16)6-7-12(13)15/h2-9,17-18H,1H3. The molecule has 0 fully saturated rings. The molecule has 0 heterocycles. The Morgan fingerprint density at radius 1 is 1.22 bits per heavy atom. The number of hydrogen-bond acceptors (Lipinski definition) is 2. The molecule has 0 saturated carbocycles. The highest BCUT2D eigenvalue weighted by Gasteiger charge is 2.11. The van der Waals surface area contributed by atoms with Crippen LogP contribution >= 0.6 is 11.6 Å². The van der Waals surface area contributed by atoms with E-state index >= 15 is 0 Å². The summed E-state index contributed by atoms with van der Waals surface area (Å²) in [6.45, 7) is 1.87. The summed E-state index contributed by atoms with van der Waals surface area (Å²) in [5.74, 6) is -0.156. The van der Waals surface area contributed by atoms with Crippen LogP contribution < -0.4 is 5.32 Å². The van der Waals surface area contributed by atoms with Gasteiger partial charge in [-0.1, -0.05) is 29.8 Å². The Kier molecular flexibility index (Phi) is 3.72. The first-order chi connectivity index (χ1) is 8.58. The van der Waals surface area contributed by atoms with E-state index in [0.29, 0.717) is 10.7 Å². The number of rotatable bonds is 3. The molecule has 1 atom stereocenters. The van der Waals surface area contributed by atoms with Gasteiger partial charge >= 0.3 is 0 Å². The van der Waals surface area contributed by atoms with E-state index in [-0.39, 0.29) is 17.6 Å². The molecular weight excluding hydrogens is 253 g/mol. The zero-order valence-corrected chi connectivity index (χ0v) is 10.6. The van der Waals surface area contributed by atoms with Crippen LogP contribution in [0, 0.1) is 5.82 Å². The number of anilines is 1. The van der Waals surface area contributed by atoms with Gasteiger partial charge in [0.2, 0.25) is 0 Å². The van der Waals surface area contributed by atoms with E-state index in [0.717, 1.165) is 5.56 Å². The van der Waals surface area contributed by atoms with Crippen LogP contribution in [0.15, 0.2) is 42.5 Å². The van der Waals surface area contributed by atoms with Crippen LogP contribution in [-0.2, 0) is 0 Å². The molecule has 0 aliphatic rings. The number of aromatic hydroxyl groups is 1. The maximum Gasteiger partial charge on any atom is 0.125 e. The molecule has 0 amide bonds. The molecular formula is C14H13ClFNO. The van der Waals surface area contributed by atoms with E-state index in [1.54, 1.807) is 18.2 Å². The van der Waals surface area contributed by atoms with Crippen molar-refractivity contribution < 1.29 is 9.50 Å². The lowest BCUT2D eigenvalue weighted by Gasteiger charge is -2.17. The predicted octanol–water partition coefficient (Wildman–Crippen LogP) is 4.36. The van der Waals surface area contributed by atoms with E-state index < -0.39 is 0 Å². The van der Waals surface area contributed by atoms with E-state index in [4.69, 9.17) is 11.6 Å².